The maximum Gasteiger partial charge on any atom is 0.249 e. The van der Waals surface area contributed by atoms with Crippen LogP contribution in [-0.4, -0.2) is 37.3 Å². The van der Waals surface area contributed by atoms with E-state index in [1.54, 1.807) is 34.1 Å². The summed E-state index contributed by atoms with van der Waals surface area (Å²) in [6.07, 6.45) is 4.01. The topological polar surface area (TPSA) is 93.0 Å². The highest BCUT2D eigenvalue weighted by atomic mass is 16.2. The summed E-state index contributed by atoms with van der Waals surface area (Å²) in [4.78, 5) is 33.6. The Bertz CT molecular complexity index is 1360. The molecule has 0 fully saturated rings. The minimum Gasteiger partial charge on any atom is -0.349 e. The summed E-state index contributed by atoms with van der Waals surface area (Å²) >= 11 is 0. The van der Waals surface area contributed by atoms with Crippen molar-refractivity contribution in [3.8, 4) is 0 Å². The summed E-state index contributed by atoms with van der Waals surface area (Å²) in [5, 5.41) is 11.5. The van der Waals surface area contributed by atoms with Crippen molar-refractivity contribution in [2.24, 2.45) is 0 Å². The molecule has 4 aromatic rings. The Hall–Kier alpha value is -4.07. The molecule has 2 heterocycles. The number of benzene rings is 2. The average molecular weight is 499 g/mol. The number of carbonyl (C=O) groups is 2. The van der Waals surface area contributed by atoms with Gasteiger partial charge in [0.25, 0.3) is 0 Å². The van der Waals surface area contributed by atoms with Crippen molar-refractivity contribution >= 4 is 28.5 Å². The second-order valence-corrected chi connectivity index (χ2v) is 10.2. The summed E-state index contributed by atoms with van der Waals surface area (Å²) in [7, 11) is 0. The smallest absolute Gasteiger partial charge is 0.249 e. The van der Waals surface area contributed by atoms with Gasteiger partial charge in [-0.15, -0.1) is 5.10 Å². The zero-order chi connectivity index (χ0) is 26.6. The molecule has 0 radical (unpaired) electrons. The number of fused-ring (bicyclic) bond motifs is 1. The van der Waals surface area contributed by atoms with Gasteiger partial charge in [-0.2, -0.15) is 0 Å². The highest BCUT2D eigenvalue weighted by molar-refractivity contribution is 6.01. The lowest BCUT2D eigenvalue weighted by molar-refractivity contribution is -0.128. The van der Waals surface area contributed by atoms with Crippen LogP contribution in [0.4, 0.5) is 5.69 Å². The number of hydrogen-bond acceptors (Lipinski definition) is 5. The Morgan fingerprint density at radius 3 is 2.30 bits per heavy atom. The average Bonchev–Trinajstić information content (AvgIpc) is 3.30. The summed E-state index contributed by atoms with van der Waals surface area (Å²) < 4.78 is 1.57. The SMILES string of the molecule is CCC(C)(C)NC(=O)C(c1ccncc1)N(C(=O)Cn1nnc2ccccc21)c1ccc(C(C)C)cc1. The first-order chi connectivity index (χ1) is 17.7. The molecule has 37 heavy (non-hydrogen) atoms. The summed E-state index contributed by atoms with van der Waals surface area (Å²) in [5.41, 5.74) is 3.46. The Morgan fingerprint density at radius 2 is 1.65 bits per heavy atom. The van der Waals surface area contributed by atoms with Gasteiger partial charge in [-0.25, -0.2) is 4.68 Å². The predicted octanol–water partition coefficient (Wildman–Crippen LogP) is 5.03. The molecule has 1 N–H and O–H groups in total. The van der Waals surface area contributed by atoms with E-state index in [0.29, 0.717) is 22.7 Å². The van der Waals surface area contributed by atoms with Crippen LogP contribution < -0.4 is 10.2 Å². The van der Waals surface area contributed by atoms with Crippen LogP contribution in [0, 0.1) is 0 Å². The largest absolute Gasteiger partial charge is 0.349 e. The monoisotopic (exact) mass is 498 g/mol. The molecule has 1 unspecified atom stereocenters. The second kappa shape index (κ2) is 10.9. The van der Waals surface area contributed by atoms with Crippen LogP contribution in [0.1, 0.15) is 64.1 Å². The van der Waals surface area contributed by atoms with Crippen molar-refractivity contribution in [1.29, 1.82) is 0 Å². The van der Waals surface area contributed by atoms with E-state index in [0.717, 1.165) is 17.5 Å². The van der Waals surface area contributed by atoms with Crippen LogP contribution in [0.3, 0.4) is 0 Å². The Morgan fingerprint density at radius 1 is 0.973 bits per heavy atom. The molecule has 1 atom stereocenters. The minimum atomic E-state index is -0.902. The van der Waals surface area contributed by atoms with E-state index >= 15 is 0 Å². The van der Waals surface area contributed by atoms with E-state index in [4.69, 9.17) is 0 Å². The van der Waals surface area contributed by atoms with Gasteiger partial charge in [0.05, 0.1) is 5.52 Å². The fourth-order valence-electron chi connectivity index (χ4n) is 4.15. The quantitative estimate of drug-likeness (QED) is 0.349. The summed E-state index contributed by atoms with van der Waals surface area (Å²) in [6.45, 7) is 10.1. The van der Waals surface area contributed by atoms with E-state index < -0.39 is 11.6 Å². The lowest BCUT2D eigenvalue weighted by atomic mass is 9.98. The molecule has 0 bridgehead atoms. The molecule has 4 rings (SSSR count). The molecule has 0 aliphatic heterocycles. The Labute approximate surface area is 217 Å². The number of anilines is 1. The van der Waals surface area contributed by atoms with E-state index in [1.165, 1.54) is 0 Å². The fourth-order valence-corrected chi connectivity index (χ4v) is 4.15. The number of hydrogen-bond donors (Lipinski definition) is 1. The zero-order valence-corrected chi connectivity index (χ0v) is 22.0. The number of para-hydroxylation sites is 1. The molecule has 2 aromatic heterocycles. The first-order valence-corrected chi connectivity index (χ1v) is 12.6. The molecule has 192 valence electrons. The number of aromatic nitrogens is 4. The minimum absolute atomic E-state index is 0.0710. The number of nitrogens with zero attached hydrogens (tertiary/aromatic N) is 5. The van der Waals surface area contributed by atoms with E-state index in [2.05, 4.69) is 34.5 Å². The van der Waals surface area contributed by atoms with Gasteiger partial charge in [0.2, 0.25) is 11.8 Å². The molecular weight excluding hydrogens is 464 g/mol. The number of amides is 2. The van der Waals surface area contributed by atoms with Gasteiger partial charge in [-0.3, -0.25) is 19.5 Å². The molecule has 2 aromatic carbocycles. The van der Waals surface area contributed by atoms with Crippen molar-refractivity contribution in [2.75, 3.05) is 4.90 Å². The maximum absolute atomic E-state index is 14.1. The molecule has 0 saturated heterocycles. The summed E-state index contributed by atoms with van der Waals surface area (Å²) in [5.74, 6) is -0.202. The first-order valence-electron chi connectivity index (χ1n) is 12.6. The number of carbonyl (C=O) groups excluding carboxylic acids is 2. The third kappa shape index (κ3) is 5.85. The van der Waals surface area contributed by atoms with Crippen LogP contribution in [0.2, 0.25) is 0 Å². The highest BCUT2D eigenvalue weighted by Crippen LogP contribution is 2.30. The Balaban J connectivity index is 1.81. The number of pyridine rings is 1. The summed E-state index contributed by atoms with van der Waals surface area (Å²) in [6, 6.07) is 17.9. The lowest BCUT2D eigenvalue weighted by Crippen LogP contribution is -2.51. The van der Waals surface area contributed by atoms with E-state index in [1.807, 2.05) is 69.3 Å². The molecule has 8 nitrogen and oxygen atoms in total. The third-order valence-electron chi connectivity index (χ3n) is 6.69. The Kier molecular flexibility index (Phi) is 7.66. The number of nitrogens with one attached hydrogen (secondary N) is 1. The molecule has 0 spiro atoms. The third-order valence-corrected chi connectivity index (χ3v) is 6.69. The van der Waals surface area contributed by atoms with Gasteiger partial charge in [0.1, 0.15) is 18.1 Å². The lowest BCUT2D eigenvalue weighted by Gasteiger charge is -2.34. The molecule has 0 saturated carbocycles. The van der Waals surface area contributed by atoms with Gasteiger partial charge in [-0.1, -0.05) is 50.3 Å². The normalized spacial score (nSPS) is 12.5. The van der Waals surface area contributed by atoms with Crippen molar-refractivity contribution in [3.05, 3.63) is 84.2 Å². The van der Waals surface area contributed by atoms with Gasteiger partial charge >= 0.3 is 0 Å². The van der Waals surface area contributed by atoms with Crippen molar-refractivity contribution < 1.29 is 9.59 Å². The van der Waals surface area contributed by atoms with Crippen LogP contribution in [0.25, 0.3) is 11.0 Å². The van der Waals surface area contributed by atoms with Crippen LogP contribution in [0.15, 0.2) is 73.1 Å². The van der Waals surface area contributed by atoms with Gasteiger partial charge in [0, 0.05) is 23.6 Å². The standard InChI is InChI=1S/C29H34N6O2/c1-6-29(4,5)31-28(37)27(22-15-17-30-18-16-22)35(23-13-11-21(12-14-23)20(2)3)26(36)19-34-25-10-8-7-9-24(25)32-33-34/h7-18,20,27H,6,19H2,1-5H3,(H,31,37). The molecule has 0 aliphatic carbocycles. The van der Waals surface area contributed by atoms with Crippen LogP contribution >= 0.6 is 0 Å². The molecule has 0 aliphatic rings. The van der Waals surface area contributed by atoms with Crippen LogP contribution in [0.5, 0.6) is 0 Å². The fraction of sp³-hybridized carbons (Fsp3) is 0.345. The first kappa shape index (κ1) is 26.0. The van der Waals surface area contributed by atoms with Crippen molar-refractivity contribution in [3.63, 3.8) is 0 Å². The van der Waals surface area contributed by atoms with E-state index in [-0.39, 0.29) is 18.4 Å². The van der Waals surface area contributed by atoms with Crippen molar-refractivity contribution in [2.45, 2.75) is 65.1 Å². The zero-order valence-electron chi connectivity index (χ0n) is 22.0. The van der Waals surface area contributed by atoms with E-state index in [9.17, 15) is 9.59 Å². The number of rotatable bonds is 9. The predicted molar refractivity (Wildman–Crippen MR) is 145 cm³/mol. The highest BCUT2D eigenvalue weighted by Gasteiger charge is 2.35. The van der Waals surface area contributed by atoms with Gasteiger partial charge < -0.3 is 5.32 Å². The van der Waals surface area contributed by atoms with Gasteiger partial charge in [-0.05, 0) is 73.7 Å². The van der Waals surface area contributed by atoms with Crippen molar-refractivity contribution in [1.82, 2.24) is 25.3 Å². The molecule has 8 heteroatoms. The van der Waals surface area contributed by atoms with Gasteiger partial charge in [0.15, 0.2) is 0 Å². The van der Waals surface area contributed by atoms with Crippen LogP contribution in [-0.2, 0) is 16.1 Å². The molecular formula is C29H34N6O2. The maximum atomic E-state index is 14.1. The second-order valence-electron chi connectivity index (χ2n) is 10.2. The molecule has 2 amide bonds.